The number of hydrogen-bond donors (Lipinski definition) is 0. The third kappa shape index (κ3) is 4.47. The summed E-state index contributed by atoms with van der Waals surface area (Å²) in [5, 5.41) is 3.94. The van der Waals surface area contributed by atoms with E-state index in [0.717, 1.165) is 11.3 Å². The lowest BCUT2D eigenvalue weighted by Gasteiger charge is -2.16. The van der Waals surface area contributed by atoms with Gasteiger partial charge in [-0.05, 0) is 49.3 Å². The zero-order valence-electron chi connectivity index (χ0n) is 19.9. The predicted molar refractivity (Wildman–Crippen MR) is 130 cm³/mol. The number of imidazole rings is 1. The summed E-state index contributed by atoms with van der Waals surface area (Å²) in [5.41, 5.74) is 7.42. The molecule has 156 valence electrons. The number of nitrogens with zero attached hydrogens (tertiary/aromatic N) is 2. The van der Waals surface area contributed by atoms with Crippen molar-refractivity contribution in [2.24, 2.45) is 0 Å². The van der Waals surface area contributed by atoms with Gasteiger partial charge in [-0.15, -0.1) is 0 Å². The van der Waals surface area contributed by atoms with Crippen LogP contribution in [0.4, 0.5) is 0 Å². The van der Waals surface area contributed by atoms with E-state index in [2.05, 4.69) is 89.4 Å². The Morgan fingerprint density at radius 3 is 2.17 bits per heavy atom. The normalized spacial score (nSPS) is 10.8. The lowest BCUT2D eigenvalue weighted by atomic mass is 9.93. The van der Waals surface area contributed by atoms with Crippen LogP contribution in [-0.2, 0) is 0 Å². The third-order valence-electron chi connectivity index (χ3n) is 5.24. The van der Waals surface area contributed by atoms with Gasteiger partial charge in [0.05, 0.1) is 11.2 Å². The van der Waals surface area contributed by atoms with Crippen molar-refractivity contribution in [3.05, 3.63) is 58.9 Å². The highest BCUT2D eigenvalue weighted by Gasteiger charge is 2.16. The molecule has 4 rings (SSSR count). The van der Waals surface area contributed by atoms with Gasteiger partial charge in [-0.3, -0.25) is 4.40 Å². The Morgan fingerprint density at radius 2 is 1.59 bits per heavy atom. The zero-order valence-corrected chi connectivity index (χ0v) is 19.9. The van der Waals surface area contributed by atoms with Crippen molar-refractivity contribution < 1.29 is 0 Å². The second-order valence-corrected chi connectivity index (χ2v) is 7.98. The van der Waals surface area contributed by atoms with Crippen LogP contribution in [-0.4, -0.2) is 9.38 Å². The number of hydrogen-bond acceptors (Lipinski definition) is 1. The topological polar surface area (TPSA) is 17.3 Å². The molecule has 4 aromatic rings. The van der Waals surface area contributed by atoms with Gasteiger partial charge in [0.15, 0.2) is 0 Å². The largest absolute Gasteiger partial charge is 0.299 e. The number of rotatable bonds is 2. The van der Waals surface area contributed by atoms with Crippen LogP contribution in [0.3, 0.4) is 0 Å². The molecule has 0 aliphatic heterocycles. The molecule has 0 amide bonds. The van der Waals surface area contributed by atoms with Crippen LogP contribution in [0.5, 0.6) is 0 Å². The minimum atomic E-state index is 0.475. The SMILES string of the molecule is CC.CCCC.Cc1cc(C)c2c(c1)c1cccc(C(C)C)c1c1nc(C)cn12. The van der Waals surface area contributed by atoms with E-state index in [0.29, 0.717) is 5.92 Å². The first-order valence-electron chi connectivity index (χ1n) is 11.2. The first-order chi connectivity index (χ1) is 13.9. The van der Waals surface area contributed by atoms with Crippen LogP contribution < -0.4 is 0 Å². The lowest BCUT2D eigenvalue weighted by molar-refractivity contribution is 0.876. The fourth-order valence-electron chi connectivity index (χ4n) is 3.85. The minimum Gasteiger partial charge on any atom is -0.299 e. The Balaban J connectivity index is 0.000000449. The second-order valence-electron chi connectivity index (χ2n) is 7.98. The van der Waals surface area contributed by atoms with Crippen molar-refractivity contribution in [2.75, 3.05) is 0 Å². The highest BCUT2D eigenvalue weighted by molar-refractivity contribution is 6.13. The van der Waals surface area contributed by atoms with Crippen molar-refractivity contribution in [1.29, 1.82) is 0 Å². The second kappa shape index (κ2) is 9.91. The van der Waals surface area contributed by atoms with Crippen LogP contribution in [0.2, 0.25) is 0 Å². The Bertz CT molecular complexity index is 1100. The van der Waals surface area contributed by atoms with Crippen LogP contribution in [0.1, 0.15) is 82.7 Å². The molecule has 0 aliphatic rings. The smallest absolute Gasteiger partial charge is 0.145 e. The summed E-state index contributed by atoms with van der Waals surface area (Å²) in [6.07, 6.45) is 4.80. The monoisotopic (exact) mass is 390 g/mol. The standard InChI is InChI=1S/C21H22N2.C4H10.C2H6/c1-12(2)16-7-6-8-17-18-10-13(3)9-14(4)20(18)23-11-15(5)22-21(23)19(16)17;1-3-4-2;1-2/h6-12H,1-5H3;3-4H2,1-2H3;1-2H3. The fraction of sp³-hybridized carbons (Fsp3) is 0.444. The summed E-state index contributed by atoms with van der Waals surface area (Å²) in [6, 6.07) is 11.2. The van der Waals surface area contributed by atoms with Gasteiger partial charge in [0, 0.05) is 17.0 Å². The molecule has 0 saturated heterocycles. The van der Waals surface area contributed by atoms with E-state index in [-0.39, 0.29) is 0 Å². The molecule has 0 bridgehead atoms. The van der Waals surface area contributed by atoms with Gasteiger partial charge in [-0.25, -0.2) is 4.98 Å². The summed E-state index contributed by atoms with van der Waals surface area (Å²) in [7, 11) is 0. The Morgan fingerprint density at radius 1 is 0.931 bits per heavy atom. The van der Waals surface area contributed by atoms with E-state index in [4.69, 9.17) is 4.98 Å². The maximum Gasteiger partial charge on any atom is 0.145 e. The number of benzene rings is 2. The molecule has 2 heterocycles. The molecule has 0 spiro atoms. The highest BCUT2D eigenvalue weighted by atomic mass is 15.0. The Kier molecular flexibility index (Phi) is 7.84. The third-order valence-corrected chi connectivity index (χ3v) is 5.24. The van der Waals surface area contributed by atoms with Gasteiger partial charge in [-0.1, -0.05) is 84.2 Å². The molecule has 0 N–H and O–H groups in total. The van der Waals surface area contributed by atoms with E-state index in [1.54, 1.807) is 0 Å². The molecule has 2 aromatic heterocycles. The molecule has 29 heavy (non-hydrogen) atoms. The average molecular weight is 391 g/mol. The van der Waals surface area contributed by atoms with Crippen molar-refractivity contribution in [2.45, 2.75) is 81.1 Å². The summed E-state index contributed by atoms with van der Waals surface area (Å²) < 4.78 is 2.29. The first-order valence-corrected chi connectivity index (χ1v) is 11.2. The van der Waals surface area contributed by atoms with Gasteiger partial charge in [0.1, 0.15) is 5.65 Å². The number of unbranched alkanes of at least 4 members (excludes halogenated alkanes) is 1. The highest BCUT2D eigenvalue weighted by Crippen LogP contribution is 2.36. The molecule has 0 fully saturated rings. The number of aryl methyl sites for hydroxylation is 3. The molecule has 2 heteroatoms. The molecule has 0 atom stereocenters. The predicted octanol–water partition coefficient (Wildman–Crippen LogP) is 8.52. The quantitative estimate of drug-likeness (QED) is 0.313. The number of pyridine rings is 1. The fourth-order valence-corrected chi connectivity index (χ4v) is 3.85. The van der Waals surface area contributed by atoms with E-state index in [1.807, 2.05) is 13.8 Å². The van der Waals surface area contributed by atoms with Crippen molar-refractivity contribution in [3.8, 4) is 0 Å². The molecule has 0 saturated carbocycles. The molecule has 0 radical (unpaired) electrons. The van der Waals surface area contributed by atoms with E-state index < -0.39 is 0 Å². The summed E-state index contributed by atoms with van der Waals surface area (Å²) in [6.45, 7) is 19.3. The Hall–Kier alpha value is -2.35. The number of aromatic nitrogens is 2. The maximum atomic E-state index is 4.86. The summed E-state index contributed by atoms with van der Waals surface area (Å²) in [4.78, 5) is 4.86. The summed E-state index contributed by atoms with van der Waals surface area (Å²) in [5.74, 6) is 0.475. The van der Waals surface area contributed by atoms with Gasteiger partial charge in [0.25, 0.3) is 0 Å². The van der Waals surface area contributed by atoms with E-state index in [9.17, 15) is 0 Å². The molecule has 0 unspecified atom stereocenters. The molecule has 2 nitrogen and oxygen atoms in total. The van der Waals surface area contributed by atoms with Crippen LogP contribution in [0, 0.1) is 20.8 Å². The molecule has 2 aromatic carbocycles. The zero-order chi connectivity index (χ0) is 21.7. The molecule has 0 aliphatic carbocycles. The summed E-state index contributed by atoms with van der Waals surface area (Å²) >= 11 is 0. The van der Waals surface area contributed by atoms with Crippen LogP contribution in [0.25, 0.3) is 27.3 Å². The minimum absolute atomic E-state index is 0.475. The van der Waals surface area contributed by atoms with Crippen molar-refractivity contribution in [3.63, 3.8) is 0 Å². The van der Waals surface area contributed by atoms with Gasteiger partial charge in [-0.2, -0.15) is 0 Å². The van der Waals surface area contributed by atoms with Gasteiger partial charge in [0.2, 0.25) is 0 Å². The molecular weight excluding hydrogens is 352 g/mol. The Labute approximate surface area is 177 Å². The van der Waals surface area contributed by atoms with Gasteiger partial charge < -0.3 is 0 Å². The van der Waals surface area contributed by atoms with E-state index in [1.165, 1.54) is 51.2 Å². The first kappa shape index (κ1) is 22.9. The van der Waals surface area contributed by atoms with Crippen molar-refractivity contribution >= 4 is 27.3 Å². The lowest BCUT2D eigenvalue weighted by Crippen LogP contribution is -1.97. The average Bonchev–Trinajstić information content (AvgIpc) is 3.10. The number of fused-ring (bicyclic) bond motifs is 6. The van der Waals surface area contributed by atoms with Gasteiger partial charge >= 0.3 is 0 Å². The maximum absolute atomic E-state index is 4.86. The molecular formula is C27H38N2. The van der Waals surface area contributed by atoms with Crippen LogP contribution >= 0.6 is 0 Å². The van der Waals surface area contributed by atoms with Crippen LogP contribution in [0.15, 0.2) is 36.5 Å². The van der Waals surface area contributed by atoms with E-state index >= 15 is 0 Å². The van der Waals surface area contributed by atoms with Crippen molar-refractivity contribution in [1.82, 2.24) is 9.38 Å².